The van der Waals surface area contributed by atoms with Crippen LogP contribution in [-0.4, -0.2) is 13.2 Å². The number of alkyl halides is 4. The van der Waals surface area contributed by atoms with Crippen molar-refractivity contribution in [3.63, 3.8) is 0 Å². The maximum Gasteiger partial charge on any atom is 0.418 e. The summed E-state index contributed by atoms with van der Waals surface area (Å²) in [5, 5.41) is 2.24. The van der Waals surface area contributed by atoms with Gasteiger partial charge in [-0.3, -0.25) is 0 Å². The standard InChI is InChI=1S/C9H8ClF4N/c10-7-3-1-2-6(9(12,13)14)8(7)15-5-4-11/h1-3,15H,4-5H2. The second kappa shape index (κ2) is 4.70. The Bertz CT molecular complexity index is 337. The SMILES string of the molecule is FCCNc1c(Cl)cccc1C(F)(F)F. The molecule has 0 heterocycles. The van der Waals surface area contributed by atoms with Crippen LogP contribution < -0.4 is 5.32 Å². The first kappa shape index (κ1) is 12.1. The van der Waals surface area contributed by atoms with Crippen molar-refractivity contribution in [2.75, 3.05) is 18.5 Å². The van der Waals surface area contributed by atoms with Crippen LogP contribution in [0, 0.1) is 0 Å². The van der Waals surface area contributed by atoms with E-state index in [0.717, 1.165) is 6.07 Å². The Balaban J connectivity index is 3.09. The van der Waals surface area contributed by atoms with Crippen molar-refractivity contribution in [3.05, 3.63) is 28.8 Å². The van der Waals surface area contributed by atoms with Crippen molar-refractivity contribution in [1.29, 1.82) is 0 Å². The lowest BCUT2D eigenvalue weighted by atomic mass is 10.1. The van der Waals surface area contributed by atoms with Gasteiger partial charge in [0.1, 0.15) is 6.67 Å². The summed E-state index contributed by atoms with van der Waals surface area (Å²) in [4.78, 5) is 0. The Kier molecular flexibility index (Phi) is 3.79. The second-order valence-corrected chi connectivity index (χ2v) is 3.18. The Morgan fingerprint density at radius 3 is 2.47 bits per heavy atom. The Labute approximate surface area is 89.0 Å². The quantitative estimate of drug-likeness (QED) is 0.795. The zero-order valence-electron chi connectivity index (χ0n) is 7.54. The Morgan fingerprint density at radius 2 is 1.93 bits per heavy atom. The molecule has 1 nitrogen and oxygen atoms in total. The molecule has 0 unspecified atom stereocenters. The predicted molar refractivity (Wildman–Crippen MR) is 50.9 cm³/mol. The van der Waals surface area contributed by atoms with Gasteiger partial charge in [0.15, 0.2) is 0 Å². The minimum absolute atomic E-state index is 0.0710. The van der Waals surface area contributed by atoms with E-state index in [1.807, 2.05) is 0 Å². The molecule has 1 N–H and O–H groups in total. The fraction of sp³-hybridized carbons (Fsp3) is 0.333. The molecular weight excluding hydrogens is 234 g/mol. The summed E-state index contributed by atoms with van der Waals surface area (Å²) < 4.78 is 49.2. The smallest absolute Gasteiger partial charge is 0.381 e. The highest BCUT2D eigenvalue weighted by atomic mass is 35.5. The average molecular weight is 242 g/mol. The van der Waals surface area contributed by atoms with Crippen molar-refractivity contribution in [2.45, 2.75) is 6.18 Å². The third-order valence-corrected chi connectivity index (χ3v) is 2.03. The van der Waals surface area contributed by atoms with E-state index in [1.165, 1.54) is 12.1 Å². The first-order valence-electron chi connectivity index (χ1n) is 4.12. The summed E-state index contributed by atoms with van der Waals surface area (Å²) in [6.45, 7) is -0.963. The molecule has 0 saturated carbocycles. The molecule has 0 bridgehead atoms. The molecule has 0 aromatic heterocycles. The third kappa shape index (κ3) is 2.99. The van der Waals surface area contributed by atoms with E-state index in [1.54, 1.807) is 0 Å². The number of nitrogens with one attached hydrogen (secondary N) is 1. The van der Waals surface area contributed by atoms with E-state index in [4.69, 9.17) is 11.6 Å². The number of hydrogen-bond acceptors (Lipinski definition) is 1. The molecule has 0 aliphatic rings. The van der Waals surface area contributed by atoms with Crippen LogP contribution in [0.5, 0.6) is 0 Å². The summed E-state index contributed by atoms with van der Waals surface area (Å²) in [7, 11) is 0. The number of rotatable bonds is 3. The number of hydrogen-bond donors (Lipinski definition) is 1. The van der Waals surface area contributed by atoms with Crippen molar-refractivity contribution < 1.29 is 17.6 Å². The third-order valence-electron chi connectivity index (χ3n) is 1.72. The van der Waals surface area contributed by atoms with Crippen LogP contribution >= 0.6 is 11.6 Å². The molecular formula is C9H8ClF4N. The summed E-state index contributed by atoms with van der Waals surface area (Å²) in [5.41, 5.74) is -1.16. The van der Waals surface area contributed by atoms with Gasteiger partial charge in [-0.05, 0) is 12.1 Å². The number of para-hydroxylation sites is 1. The molecule has 0 atom stereocenters. The molecule has 1 aromatic carbocycles. The minimum atomic E-state index is -4.50. The zero-order chi connectivity index (χ0) is 11.5. The molecule has 0 fully saturated rings. The van der Waals surface area contributed by atoms with Crippen molar-refractivity contribution >= 4 is 17.3 Å². The zero-order valence-corrected chi connectivity index (χ0v) is 8.29. The van der Waals surface area contributed by atoms with Crippen molar-refractivity contribution in [3.8, 4) is 0 Å². The topological polar surface area (TPSA) is 12.0 Å². The van der Waals surface area contributed by atoms with E-state index in [0.29, 0.717) is 0 Å². The largest absolute Gasteiger partial charge is 0.418 e. The van der Waals surface area contributed by atoms with E-state index in [9.17, 15) is 17.6 Å². The maximum atomic E-state index is 12.5. The second-order valence-electron chi connectivity index (χ2n) is 2.78. The molecule has 0 saturated heterocycles. The van der Waals surface area contributed by atoms with E-state index >= 15 is 0 Å². The average Bonchev–Trinajstić information content (AvgIpc) is 2.14. The lowest BCUT2D eigenvalue weighted by Gasteiger charge is -2.14. The highest BCUT2D eigenvalue weighted by Gasteiger charge is 2.34. The maximum absolute atomic E-state index is 12.5. The Morgan fingerprint density at radius 1 is 1.27 bits per heavy atom. The van der Waals surface area contributed by atoms with Gasteiger partial charge in [-0.1, -0.05) is 17.7 Å². The normalized spacial score (nSPS) is 11.5. The van der Waals surface area contributed by atoms with Crippen LogP contribution in [0.4, 0.5) is 23.2 Å². The van der Waals surface area contributed by atoms with Gasteiger partial charge in [0.05, 0.1) is 16.3 Å². The van der Waals surface area contributed by atoms with Gasteiger partial charge in [-0.15, -0.1) is 0 Å². The highest BCUT2D eigenvalue weighted by molar-refractivity contribution is 6.33. The summed E-state index contributed by atoms with van der Waals surface area (Å²) >= 11 is 5.59. The summed E-state index contributed by atoms with van der Waals surface area (Å²) in [6.07, 6.45) is -4.50. The highest BCUT2D eigenvalue weighted by Crippen LogP contribution is 2.38. The van der Waals surface area contributed by atoms with E-state index < -0.39 is 18.4 Å². The number of benzene rings is 1. The van der Waals surface area contributed by atoms with E-state index in [-0.39, 0.29) is 17.3 Å². The summed E-state index contributed by atoms with van der Waals surface area (Å²) in [5.74, 6) is 0. The molecule has 6 heteroatoms. The molecule has 0 aliphatic carbocycles. The van der Waals surface area contributed by atoms with Gasteiger partial charge in [0.25, 0.3) is 0 Å². The molecule has 84 valence electrons. The molecule has 0 amide bonds. The first-order valence-corrected chi connectivity index (χ1v) is 4.50. The van der Waals surface area contributed by atoms with Crippen LogP contribution in [0.1, 0.15) is 5.56 Å². The molecule has 1 aromatic rings. The lowest BCUT2D eigenvalue weighted by molar-refractivity contribution is -0.136. The first-order chi connectivity index (χ1) is 6.96. The Hall–Kier alpha value is -0.970. The van der Waals surface area contributed by atoms with Crippen molar-refractivity contribution in [2.24, 2.45) is 0 Å². The molecule has 15 heavy (non-hydrogen) atoms. The summed E-state index contributed by atoms with van der Waals surface area (Å²) in [6, 6.07) is 3.41. The predicted octanol–water partition coefficient (Wildman–Crippen LogP) is 3.74. The number of halogens is 5. The van der Waals surface area contributed by atoms with Crippen LogP contribution in [0.3, 0.4) is 0 Å². The van der Waals surface area contributed by atoms with Crippen LogP contribution in [-0.2, 0) is 6.18 Å². The fourth-order valence-corrected chi connectivity index (χ4v) is 1.35. The van der Waals surface area contributed by atoms with Crippen molar-refractivity contribution in [1.82, 2.24) is 0 Å². The molecule has 0 spiro atoms. The monoisotopic (exact) mass is 241 g/mol. The van der Waals surface area contributed by atoms with Gasteiger partial charge in [0, 0.05) is 6.54 Å². The van der Waals surface area contributed by atoms with Crippen LogP contribution in [0.2, 0.25) is 5.02 Å². The molecule has 1 rings (SSSR count). The molecule has 0 aliphatic heterocycles. The number of anilines is 1. The fourth-order valence-electron chi connectivity index (χ4n) is 1.11. The van der Waals surface area contributed by atoms with Gasteiger partial charge in [-0.2, -0.15) is 13.2 Å². The van der Waals surface area contributed by atoms with E-state index in [2.05, 4.69) is 5.32 Å². The minimum Gasteiger partial charge on any atom is -0.381 e. The molecule has 0 radical (unpaired) electrons. The van der Waals surface area contributed by atoms with Crippen LogP contribution in [0.15, 0.2) is 18.2 Å². The van der Waals surface area contributed by atoms with Gasteiger partial charge < -0.3 is 5.32 Å². The lowest BCUT2D eigenvalue weighted by Crippen LogP contribution is -2.12. The van der Waals surface area contributed by atoms with Gasteiger partial charge in [-0.25, -0.2) is 4.39 Å². The van der Waals surface area contributed by atoms with Gasteiger partial charge in [0.2, 0.25) is 0 Å². The van der Waals surface area contributed by atoms with Crippen LogP contribution in [0.25, 0.3) is 0 Å². The van der Waals surface area contributed by atoms with Gasteiger partial charge >= 0.3 is 6.18 Å².